The summed E-state index contributed by atoms with van der Waals surface area (Å²) in [5, 5.41) is 2.91. The number of nitrogens with zero attached hydrogens (tertiary/aromatic N) is 1. The Bertz CT molecular complexity index is 1810. The van der Waals surface area contributed by atoms with Gasteiger partial charge in [-0.15, -0.1) is 0 Å². The zero-order valence-electron chi connectivity index (χ0n) is 24.2. The highest BCUT2D eigenvalue weighted by molar-refractivity contribution is 6.09. The van der Waals surface area contributed by atoms with Crippen molar-refractivity contribution in [3.05, 3.63) is 149 Å². The summed E-state index contributed by atoms with van der Waals surface area (Å²) >= 11 is 0. The standard InChI is InChI=1S/C36H30F3N3O2/c1-23-7-5-8-28(21-23)42(2)27-19-13-24(14-20-27)22-32-30(34(40)43)11-6-12-33(32)41-35(44)31-10-4-3-9-29(31)25-15-17-26(18-16-25)36(37,38)39/h3-21H,22H2,1-2H3,(H2,40,43)(H,41,44). The number of anilines is 3. The molecule has 0 unspecified atom stereocenters. The first-order valence-electron chi connectivity index (χ1n) is 13.9. The third-order valence-corrected chi connectivity index (χ3v) is 7.48. The van der Waals surface area contributed by atoms with Crippen molar-refractivity contribution in [2.75, 3.05) is 17.3 Å². The van der Waals surface area contributed by atoms with Gasteiger partial charge in [0.2, 0.25) is 5.91 Å². The fourth-order valence-electron chi connectivity index (χ4n) is 5.11. The van der Waals surface area contributed by atoms with Crippen molar-refractivity contribution >= 4 is 28.9 Å². The zero-order valence-corrected chi connectivity index (χ0v) is 24.2. The molecule has 222 valence electrons. The predicted molar refractivity (Wildman–Crippen MR) is 168 cm³/mol. The topological polar surface area (TPSA) is 75.4 Å². The number of nitrogens with two attached hydrogens (primary N) is 1. The highest BCUT2D eigenvalue weighted by Crippen LogP contribution is 2.33. The van der Waals surface area contributed by atoms with Gasteiger partial charge in [0.25, 0.3) is 5.91 Å². The highest BCUT2D eigenvalue weighted by Gasteiger charge is 2.30. The quantitative estimate of drug-likeness (QED) is 0.190. The van der Waals surface area contributed by atoms with Gasteiger partial charge in [0.15, 0.2) is 0 Å². The minimum atomic E-state index is -4.46. The molecule has 2 amide bonds. The van der Waals surface area contributed by atoms with E-state index in [-0.39, 0.29) is 11.1 Å². The number of aryl methyl sites for hydroxylation is 1. The van der Waals surface area contributed by atoms with Gasteiger partial charge in [-0.1, -0.05) is 60.7 Å². The second-order valence-corrected chi connectivity index (χ2v) is 10.5. The van der Waals surface area contributed by atoms with E-state index in [1.165, 1.54) is 12.1 Å². The lowest BCUT2D eigenvalue weighted by atomic mass is 9.96. The fraction of sp³-hybridized carbons (Fsp3) is 0.111. The number of primary amides is 1. The average molecular weight is 594 g/mol. The third-order valence-electron chi connectivity index (χ3n) is 7.48. The van der Waals surface area contributed by atoms with Crippen LogP contribution in [0.1, 0.15) is 43.0 Å². The Morgan fingerprint density at radius 1 is 0.773 bits per heavy atom. The minimum Gasteiger partial charge on any atom is -0.366 e. The molecule has 3 N–H and O–H groups in total. The molecule has 44 heavy (non-hydrogen) atoms. The van der Waals surface area contributed by atoms with E-state index >= 15 is 0 Å². The molecule has 0 bridgehead atoms. The summed E-state index contributed by atoms with van der Waals surface area (Å²) in [7, 11) is 1.99. The van der Waals surface area contributed by atoms with Crippen LogP contribution >= 0.6 is 0 Å². The summed E-state index contributed by atoms with van der Waals surface area (Å²) in [4.78, 5) is 28.1. The van der Waals surface area contributed by atoms with Gasteiger partial charge in [-0.25, -0.2) is 0 Å². The Morgan fingerprint density at radius 3 is 2.09 bits per heavy atom. The molecule has 0 saturated carbocycles. The lowest BCUT2D eigenvalue weighted by Gasteiger charge is -2.20. The maximum absolute atomic E-state index is 13.6. The summed E-state index contributed by atoms with van der Waals surface area (Å²) in [5.41, 5.74) is 11.5. The van der Waals surface area contributed by atoms with Gasteiger partial charge in [0, 0.05) is 41.7 Å². The molecule has 0 radical (unpaired) electrons. The molecule has 5 nitrogen and oxygen atoms in total. The molecule has 8 heteroatoms. The molecule has 0 aliphatic heterocycles. The van der Waals surface area contributed by atoms with Gasteiger partial charge < -0.3 is 16.0 Å². The number of amides is 2. The molecule has 0 heterocycles. The second kappa shape index (κ2) is 12.5. The van der Waals surface area contributed by atoms with Crippen molar-refractivity contribution in [2.45, 2.75) is 19.5 Å². The molecule has 0 atom stereocenters. The minimum absolute atomic E-state index is 0.270. The van der Waals surface area contributed by atoms with Crippen LogP contribution in [-0.4, -0.2) is 18.9 Å². The number of halogens is 3. The summed E-state index contributed by atoms with van der Waals surface area (Å²) in [6, 6.07) is 32.4. The van der Waals surface area contributed by atoms with Crippen molar-refractivity contribution in [2.24, 2.45) is 5.73 Å². The van der Waals surface area contributed by atoms with Gasteiger partial charge in [0.1, 0.15) is 0 Å². The summed E-state index contributed by atoms with van der Waals surface area (Å²) in [6.45, 7) is 2.04. The molecular weight excluding hydrogens is 563 g/mol. The van der Waals surface area contributed by atoms with Crippen LogP contribution in [0.15, 0.2) is 115 Å². The van der Waals surface area contributed by atoms with E-state index in [1.54, 1.807) is 42.5 Å². The number of hydrogen-bond acceptors (Lipinski definition) is 3. The molecular formula is C36H30F3N3O2. The van der Waals surface area contributed by atoms with Gasteiger partial charge in [-0.2, -0.15) is 13.2 Å². The Morgan fingerprint density at radius 2 is 1.43 bits per heavy atom. The number of carbonyl (C=O) groups is 2. The number of rotatable bonds is 8. The normalized spacial score (nSPS) is 11.2. The fourth-order valence-corrected chi connectivity index (χ4v) is 5.11. The van der Waals surface area contributed by atoms with Crippen LogP contribution in [0.2, 0.25) is 0 Å². The van der Waals surface area contributed by atoms with Crippen LogP contribution < -0.4 is 16.0 Å². The number of alkyl halides is 3. The molecule has 0 fully saturated rings. The first kappa shape index (κ1) is 30.1. The number of hydrogen-bond donors (Lipinski definition) is 2. The Hall–Kier alpha value is -5.37. The van der Waals surface area contributed by atoms with E-state index in [9.17, 15) is 22.8 Å². The maximum atomic E-state index is 13.6. The van der Waals surface area contributed by atoms with Gasteiger partial charge in [-0.05, 0) is 89.3 Å². The molecule has 5 aromatic carbocycles. The van der Waals surface area contributed by atoms with Crippen molar-refractivity contribution in [3.8, 4) is 11.1 Å². The van der Waals surface area contributed by atoms with Gasteiger partial charge in [0.05, 0.1) is 5.56 Å². The summed E-state index contributed by atoms with van der Waals surface area (Å²) < 4.78 is 39.3. The van der Waals surface area contributed by atoms with Crippen molar-refractivity contribution in [1.82, 2.24) is 0 Å². The van der Waals surface area contributed by atoms with E-state index in [0.717, 1.165) is 34.6 Å². The van der Waals surface area contributed by atoms with Crippen molar-refractivity contribution in [3.63, 3.8) is 0 Å². The zero-order chi connectivity index (χ0) is 31.4. The lowest BCUT2D eigenvalue weighted by Crippen LogP contribution is -2.19. The van der Waals surface area contributed by atoms with E-state index in [0.29, 0.717) is 28.8 Å². The molecule has 0 saturated heterocycles. The number of nitrogens with one attached hydrogen (secondary N) is 1. The van der Waals surface area contributed by atoms with Crippen molar-refractivity contribution in [1.29, 1.82) is 0 Å². The first-order valence-corrected chi connectivity index (χ1v) is 13.9. The van der Waals surface area contributed by atoms with E-state index in [4.69, 9.17) is 5.73 Å². The molecule has 0 aliphatic carbocycles. The van der Waals surface area contributed by atoms with Crippen LogP contribution in [0, 0.1) is 6.92 Å². The maximum Gasteiger partial charge on any atom is 0.416 e. The first-order chi connectivity index (χ1) is 21.0. The SMILES string of the molecule is Cc1cccc(N(C)c2ccc(Cc3c(NC(=O)c4ccccc4-c4ccc(C(F)(F)F)cc4)cccc3C(N)=O)cc2)c1. The van der Waals surface area contributed by atoms with E-state index in [1.807, 2.05) is 56.4 Å². The average Bonchev–Trinajstić information content (AvgIpc) is 3.01. The Balaban J connectivity index is 1.42. The number of carbonyl (C=O) groups excluding carboxylic acids is 2. The molecule has 0 aromatic heterocycles. The summed E-state index contributed by atoms with van der Waals surface area (Å²) in [6.07, 6.45) is -4.14. The van der Waals surface area contributed by atoms with Gasteiger partial charge >= 0.3 is 6.18 Å². The predicted octanol–water partition coefficient (Wildman–Crippen LogP) is 8.39. The lowest BCUT2D eigenvalue weighted by molar-refractivity contribution is -0.137. The van der Waals surface area contributed by atoms with Crippen LogP contribution in [-0.2, 0) is 12.6 Å². The van der Waals surface area contributed by atoms with Crippen LogP contribution in [0.4, 0.5) is 30.2 Å². The number of benzene rings is 5. The highest BCUT2D eigenvalue weighted by atomic mass is 19.4. The molecule has 5 rings (SSSR count). The molecule has 0 spiro atoms. The molecule has 5 aromatic rings. The van der Waals surface area contributed by atoms with Crippen LogP contribution in [0.5, 0.6) is 0 Å². The largest absolute Gasteiger partial charge is 0.416 e. The smallest absolute Gasteiger partial charge is 0.366 e. The van der Waals surface area contributed by atoms with Gasteiger partial charge in [-0.3, -0.25) is 9.59 Å². The van der Waals surface area contributed by atoms with Crippen LogP contribution in [0.3, 0.4) is 0 Å². The third kappa shape index (κ3) is 6.65. The van der Waals surface area contributed by atoms with E-state index in [2.05, 4.69) is 16.3 Å². The van der Waals surface area contributed by atoms with Crippen molar-refractivity contribution < 1.29 is 22.8 Å². The van der Waals surface area contributed by atoms with E-state index < -0.39 is 23.6 Å². The monoisotopic (exact) mass is 593 g/mol. The Kier molecular flexibility index (Phi) is 8.53. The van der Waals surface area contributed by atoms with Crippen LogP contribution in [0.25, 0.3) is 11.1 Å². The molecule has 0 aliphatic rings. The summed E-state index contributed by atoms with van der Waals surface area (Å²) in [5.74, 6) is -1.10. The second-order valence-electron chi connectivity index (χ2n) is 10.5. The Labute approximate surface area is 253 Å².